The number of nitrogens with one attached hydrogen (secondary N) is 18. The molecule has 0 radical (unpaired) electrons. The fourth-order valence-corrected chi connectivity index (χ4v) is 13.3. The number of hydrogen-bond acceptors (Lipinski definition) is 30. The molecule has 0 bridgehead atoms. The Kier molecular flexibility index (Phi) is 62.2. The van der Waals surface area contributed by atoms with Crippen molar-refractivity contribution >= 4 is 161 Å². The number of unbranched alkanes of at least 4 members (excludes halogenated alkanes) is 5. The number of nitrogens with zero attached hydrogens (tertiary/aromatic N) is 1. The summed E-state index contributed by atoms with van der Waals surface area (Å²) in [5, 5.41) is 53.7. The van der Waals surface area contributed by atoms with Gasteiger partial charge in [-0.15, -0.1) is 0 Å². The number of carbonyl (C=O) groups is 22. The molecule has 0 saturated carbocycles. The quantitative estimate of drug-likeness (QED) is 0.0116. The predicted molar refractivity (Wildman–Crippen MR) is 504 cm³/mol. The van der Waals surface area contributed by atoms with Crippen molar-refractivity contribution in [2.75, 3.05) is 50.8 Å². The Morgan fingerprint density at radius 3 is 0.809 bits per heavy atom. The van der Waals surface area contributed by atoms with E-state index in [1.165, 1.54) is 41.5 Å². The summed E-state index contributed by atoms with van der Waals surface area (Å²) in [6.07, 6.45) is 0.612. The number of thiol groups is 2. The number of hydrogen-bond donors (Lipinski definition) is 31. The number of rotatable bonds is 72. The highest BCUT2D eigenvalue weighted by atomic mass is 32.1. The molecular weight excluding hydrogens is 1820 g/mol. The van der Waals surface area contributed by atoms with Crippen molar-refractivity contribution in [3.63, 3.8) is 0 Å². The molecule has 0 unspecified atom stereocenters. The summed E-state index contributed by atoms with van der Waals surface area (Å²) < 4.78 is 0. The minimum absolute atomic E-state index is 0.0219. The zero-order chi connectivity index (χ0) is 104. The van der Waals surface area contributed by atoms with Crippen molar-refractivity contribution < 1.29 is 111 Å². The van der Waals surface area contributed by atoms with Crippen LogP contribution >= 0.6 is 25.3 Å². The molecule has 0 fully saturated rings. The van der Waals surface area contributed by atoms with E-state index in [1.54, 1.807) is 13.8 Å². The summed E-state index contributed by atoms with van der Waals surface area (Å²) in [7, 11) is 0. The predicted octanol–water partition coefficient (Wildman–Crippen LogP) is -11.1. The molecule has 0 aromatic rings. The van der Waals surface area contributed by atoms with Crippen molar-refractivity contribution in [1.29, 1.82) is 0 Å². The summed E-state index contributed by atoms with van der Waals surface area (Å²) >= 11 is 8.52. The van der Waals surface area contributed by atoms with Gasteiger partial charge in [0, 0.05) is 37.8 Å². The number of aliphatic imine (C=N–C) groups is 1. The summed E-state index contributed by atoms with van der Waals surface area (Å²) in [4.78, 5) is 300. The fourth-order valence-electron chi connectivity index (χ4n) is 12.8. The third-order valence-electron chi connectivity index (χ3n) is 21.1. The molecule has 19 atom stereocenters. The van der Waals surface area contributed by atoms with Crippen molar-refractivity contribution in [3.05, 3.63) is 0 Å². The topological polar surface area (TPSA) is 885 Å². The van der Waals surface area contributed by atoms with Gasteiger partial charge in [0.05, 0.1) is 6.42 Å². The van der Waals surface area contributed by atoms with Crippen LogP contribution in [0.25, 0.3) is 0 Å². The van der Waals surface area contributed by atoms with E-state index in [9.17, 15) is 105 Å². The standard InChI is InChI=1S/C82H149N29O23S2/c1-10-41(2)63(111-77(130)53(26-15-20-36-87)107-80(133)59(40-136)110-76(129)56(28-30-60(88)113)104-69(122)46(7)97-72(125)55(100-48(9)112)29-31-62(115)116)81(134)99-43(4)65(118)95-44(5)66(119)101-50(23-12-17-33-84)74(127)108-57(38-61(89)114)78(131)98-47(8)68(121)103-54(27-21-37-93-82(91)92)71(124)96-45(6)67(120)102-51(24-13-18-34-85)75(128)109-58(39-135)79(132)106-52(25-14-19-35-86)73(126)105-49(22-11-16-32-83)70(123)94-42(3)64(90)117/h41-47,49-59,63,135-136H,10-40,83-87H2,1-9H3,(H2,88,113)(H2,89,114)(H2,90,117)(H,94,123)(H,95,118)(H,96,124)(H,97,125)(H,98,131)(H,99,134)(H,100,112)(H,101,119)(H,102,120)(H,103,121)(H,104,122)(H,105,126)(H,106,132)(H,107,133)(H,108,127)(H,109,128)(H,110,129)(H,111,130)(H,115,116)(H4,91,92,93)/t41-,42-,43-,44-,45-,46-,47-,49-,50-,51-,52-,53-,54-,55-,56-,57-,58-,59-,63-/m0/s1. The molecule has 52 nitrogen and oxygen atoms in total. The molecule has 21 amide bonds. The molecule has 0 aromatic carbocycles. The van der Waals surface area contributed by atoms with Gasteiger partial charge in [-0.2, -0.15) is 25.3 Å². The fraction of sp³-hybridized carbons (Fsp3) is 0.720. The van der Waals surface area contributed by atoms with Crippen LogP contribution < -0.4 is 153 Å². The number of carboxylic acid groups (broad SMARTS) is 1. The number of primary amides is 3. The number of carbonyl (C=O) groups excluding carboxylic acids is 21. The molecule has 39 N–H and O–H groups in total. The largest absolute Gasteiger partial charge is 0.481 e. The Hall–Kier alpha value is -11.9. The molecule has 772 valence electrons. The van der Waals surface area contributed by atoms with Gasteiger partial charge in [-0.25, -0.2) is 0 Å². The molecule has 0 rings (SSSR count). The first-order chi connectivity index (χ1) is 64.0. The first-order valence-corrected chi connectivity index (χ1v) is 46.6. The van der Waals surface area contributed by atoms with Crippen LogP contribution in [-0.2, 0) is 105 Å². The number of nitrogens with two attached hydrogens (primary N) is 10. The molecule has 0 heterocycles. The number of amides is 21. The molecule has 136 heavy (non-hydrogen) atoms. The zero-order valence-corrected chi connectivity index (χ0v) is 80.7. The first kappa shape index (κ1) is 124. The van der Waals surface area contributed by atoms with Crippen LogP contribution in [0.1, 0.15) is 210 Å². The molecule has 0 saturated heterocycles. The van der Waals surface area contributed by atoms with Crippen LogP contribution in [0.4, 0.5) is 0 Å². The third-order valence-corrected chi connectivity index (χ3v) is 21.9. The lowest BCUT2D eigenvalue weighted by molar-refractivity contribution is -0.138. The SMILES string of the molecule is CC[C@H](C)[C@H](NC(=O)[C@H](CCCCN)NC(=O)[C@H](CS)NC(=O)[C@H](CCC(N)=O)NC(=O)[C@H](C)NC(=O)[C@H](CCC(=O)O)NC(C)=O)C(=O)N[C@@H](C)C(=O)N[C@@H](C)C(=O)N[C@@H](CCCCN)C(=O)N[C@@H](CC(N)=O)C(=O)N[C@@H](C)C(=O)N[C@@H](CCCN=C(N)N)C(=O)N[C@@H](C)C(=O)N[C@@H](CCCCN)C(=O)N[C@@H](CS)C(=O)N[C@@H](CCCCN)C(=O)N[C@@H](CCCCN)C(=O)N[C@@H](C)C(N)=O. The summed E-state index contributed by atoms with van der Waals surface area (Å²) in [6.45, 7) is 12.7. The first-order valence-electron chi connectivity index (χ1n) is 45.3. The van der Waals surface area contributed by atoms with Gasteiger partial charge in [0.25, 0.3) is 0 Å². The van der Waals surface area contributed by atoms with Crippen molar-refractivity contribution in [3.8, 4) is 0 Å². The average Bonchev–Trinajstić information content (AvgIpc) is 0.854. The van der Waals surface area contributed by atoms with E-state index in [4.69, 9.17) is 62.4 Å². The Balaban J connectivity index is 6.75. The van der Waals surface area contributed by atoms with Crippen LogP contribution in [0.2, 0.25) is 0 Å². The lowest BCUT2D eigenvalue weighted by atomic mass is 9.97. The highest BCUT2D eigenvalue weighted by molar-refractivity contribution is 7.80. The lowest BCUT2D eigenvalue weighted by Crippen LogP contribution is -2.61. The maximum atomic E-state index is 14.3. The van der Waals surface area contributed by atoms with Crippen molar-refractivity contribution in [2.24, 2.45) is 68.2 Å². The molecule has 0 spiro atoms. The Labute approximate surface area is 801 Å². The van der Waals surface area contributed by atoms with E-state index >= 15 is 0 Å². The van der Waals surface area contributed by atoms with Gasteiger partial charge in [-0.3, -0.25) is 110 Å². The van der Waals surface area contributed by atoms with Crippen LogP contribution in [0, 0.1) is 5.92 Å². The lowest BCUT2D eigenvalue weighted by Gasteiger charge is -2.29. The van der Waals surface area contributed by atoms with Gasteiger partial charge < -0.3 is 158 Å². The maximum Gasteiger partial charge on any atom is 0.303 e. The summed E-state index contributed by atoms with van der Waals surface area (Å²) in [5.74, 6) is -22.7. The van der Waals surface area contributed by atoms with Crippen molar-refractivity contribution in [2.45, 2.75) is 319 Å². The summed E-state index contributed by atoms with van der Waals surface area (Å²) in [5.41, 5.74) is 56.0. The van der Waals surface area contributed by atoms with Gasteiger partial charge in [-0.1, -0.05) is 20.3 Å². The van der Waals surface area contributed by atoms with Gasteiger partial charge >= 0.3 is 5.97 Å². The molecular formula is C82H149N29O23S2. The number of carboxylic acids is 1. The van der Waals surface area contributed by atoms with E-state index in [-0.39, 0.29) is 128 Å². The third kappa shape index (κ3) is 50.6. The zero-order valence-electron chi connectivity index (χ0n) is 78.9. The Morgan fingerprint density at radius 1 is 0.279 bits per heavy atom. The normalized spacial score (nSPS) is 15.2. The number of guanidine groups is 1. The smallest absolute Gasteiger partial charge is 0.303 e. The van der Waals surface area contributed by atoms with Gasteiger partial charge in [0.1, 0.15) is 109 Å². The minimum atomic E-state index is -1.85. The van der Waals surface area contributed by atoms with Gasteiger partial charge in [-0.05, 0) is 202 Å². The molecule has 54 heteroatoms. The number of aliphatic carboxylic acids is 1. The average molecular weight is 1970 g/mol. The van der Waals surface area contributed by atoms with Crippen LogP contribution in [0.5, 0.6) is 0 Å². The van der Waals surface area contributed by atoms with E-state index < -0.39 is 276 Å². The molecule has 0 aliphatic rings. The molecule has 0 aromatic heterocycles. The van der Waals surface area contributed by atoms with Crippen LogP contribution in [0.15, 0.2) is 4.99 Å². The highest BCUT2D eigenvalue weighted by Gasteiger charge is 2.39. The van der Waals surface area contributed by atoms with E-state index in [1.807, 2.05) is 0 Å². The van der Waals surface area contributed by atoms with Crippen molar-refractivity contribution in [1.82, 2.24) is 95.7 Å². The second-order valence-corrected chi connectivity index (χ2v) is 33.6. The monoisotopic (exact) mass is 1970 g/mol. The maximum absolute atomic E-state index is 14.3. The second-order valence-electron chi connectivity index (χ2n) is 32.9. The summed E-state index contributed by atoms with van der Waals surface area (Å²) in [6, 6.07) is -26.1. The Bertz CT molecular complexity index is 4010. The molecule has 0 aliphatic carbocycles. The molecule has 0 aliphatic heterocycles. The second kappa shape index (κ2) is 68.2. The van der Waals surface area contributed by atoms with Gasteiger partial charge in [0.2, 0.25) is 124 Å². The minimum Gasteiger partial charge on any atom is -0.481 e. The van der Waals surface area contributed by atoms with Crippen LogP contribution in [0.3, 0.4) is 0 Å². The van der Waals surface area contributed by atoms with Crippen LogP contribution in [-0.4, -0.2) is 301 Å². The van der Waals surface area contributed by atoms with E-state index in [2.05, 4.69) is 126 Å². The highest BCUT2D eigenvalue weighted by Crippen LogP contribution is 2.15. The van der Waals surface area contributed by atoms with E-state index in [0.29, 0.717) is 44.9 Å². The van der Waals surface area contributed by atoms with Gasteiger partial charge in [0.15, 0.2) is 5.96 Å². The Morgan fingerprint density at radius 2 is 0.522 bits per heavy atom. The van der Waals surface area contributed by atoms with E-state index in [0.717, 1.165) is 6.92 Å².